The van der Waals surface area contributed by atoms with E-state index in [0.29, 0.717) is 25.6 Å². The van der Waals surface area contributed by atoms with Crippen molar-refractivity contribution in [3.63, 3.8) is 0 Å². The smallest absolute Gasteiger partial charge is 0.237 e. The summed E-state index contributed by atoms with van der Waals surface area (Å²) in [4.78, 5) is 21.6. The number of nitrogens with zero attached hydrogens (tertiary/aromatic N) is 3. The lowest BCUT2D eigenvalue weighted by Crippen LogP contribution is -2.51. The van der Waals surface area contributed by atoms with E-state index in [1.807, 2.05) is 12.1 Å². The number of pyridine rings is 1. The standard InChI is InChI=1S/C24H32N4O2/c29-22-16-23(24(30)26-13-8-19-6-11-25-12-7-19)28(18-22)21-9-14-27(15-10-21)17-20-4-2-1-3-5-20/h1-7,11-12,21-23,29H,8-10,13-18H2,(H,26,30)/t22-,23+/m1/s1. The molecule has 1 aromatic carbocycles. The van der Waals surface area contributed by atoms with E-state index >= 15 is 0 Å². The van der Waals surface area contributed by atoms with Crippen LogP contribution in [0.1, 0.15) is 30.4 Å². The first kappa shape index (κ1) is 21.0. The third kappa shape index (κ3) is 5.45. The van der Waals surface area contributed by atoms with Gasteiger partial charge in [-0.2, -0.15) is 0 Å². The number of aliphatic hydroxyl groups excluding tert-OH is 1. The number of β-amino-alcohol motifs (C(OH)–C–C–N with tert-alkyl or cyclic N) is 1. The van der Waals surface area contributed by atoms with Gasteiger partial charge in [0.15, 0.2) is 0 Å². The number of hydrogen-bond donors (Lipinski definition) is 2. The molecule has 0 bridgehead atoms. The van der Waals surface area contributed by atoms with E-state index in [0.717, 1.165) is 38.9 Å². The molecule has 0 aliphatic carbocycles. The number of piperidine rings is 1. The molecular weight excluding hydrogens is 376 g/mol. The Kier molecular flexibility index (Phi) is 7.10. The summed E-state index contributed by atoms with van der Waals surface area (Å²) in [6.45, 7) is 4.25. The van der Waals surface area contributed by atoms with E-state index in [9.17, 15) is 9.90 Å². The highest BCUT2D eigenvalue weighted by atomic mass is 16.3. The lowest BCUT2D eigenvalue weighted by Gasteiger charge is -2.39. The monoisotopic (exact) mass is 408 g/mol. The topological polar surface area (TPSA) is 68.7 Å². The van der Waals surface area contributed by atoms with Crippen LogP contribution in [-0.2, 0) is 17.8 Å². The van der Waals surface area contributed by atoms with Gasteiger partial charge in [-0.1, -0.05) is 30.3 Å². The number of aromatic nitrogens is 1. The molecule has 30 heavy (non-hydrogen) atoms. The Hall–Kier alpha value is -2.28. The summed E-state index contributed by atoms with van der Waals surface area (Å²) in [5.74, 6) is 0.0484. The van der Waals surface area contributed by atoms with Crippen LogP contribution in [0, 0.1) is 0 Å². The van der Waals surface area contributed by atoms with E-state index < -0.39 is 6.10 Å². The van der Waals surface area contributed by atoms with Gasteiger partial charge in [0.2, 0.25) is 5.91 Å². The van der Waals surface area contributed by atoms with Crippen molar-refractivity contribution in [1.82, 2.24) is 20.1 Å². The molecule has 2 aliphatic heterocycles. The van der Waals surface area contributed by atoms with Crippen LogP contribution < -0.4 is 5.32 Å². The van der Waals surface area contributed by atoms with Gasteiger partial charge in [0.25, 0.3) is 0 Å². The molecule has 1 amide bonds. The fraction of sp³-hybridized carbons (Fsp3) is 0.500. The molecule has 3 heterocycles. The molecule has 6 heteroatoms. The van der Waals surface area contributed by atoms with Gasteiger partial charge in [-0.25, -0.2) is 0 Å². The van der Waals surface area contributed by atoms with E-state index in [4.69, 9.17) is 0 Å². The number of benzene rings is 1. The summed E-state index contributed by atoms with van der Waals surface area (Å²) in [7, 11) is 0. The summed E-state index contributed by atoms with van der Waals surface area (Å²) in [5, 5.41) is 13.3. The molecule has 0 unspecified atom stereocenters. The van der Waals surface area contributed by atoms with Crippen LogP contribution in [0.15, 0.2) is 54.9 Å². The minimum Gasteiger partial charge on any atom is -0.392 e. The summed E-state index contributed by atoms with van der Waals surface area (Å²) in [5.41, 5.74) is 2.51. The molecule has 6 nitrogen and oxygen atoms in total. The average molecular weight is 409 g/mol. The number of nitrogens with one attached hydrogen (secondary N) is 1. The average Bonchev–Trinajstić information content (AvgIpc) is 3.17. The molecule has 0 radical (unpaired) electrons. The summed E-state index contributed by atoms with van der Waals surface area (Å²) >= 11 is 0. The second kappa shape index (κ2) is 10.2. The van der Waals surface area contributed by atoms with Crippen molar-refractivity contribution in [3.05, 3.63) is 66.0 Å². The van der Waals surface area contributed by atoms with E-state index in [1.165, 1.54) is 11.1 Å². The number of rotatable bonds is 7. The van der Waals surface area contributed by atoms with Crippen molar-refractivity contribution < 1.29 is 9.90 Å². The van der Waals surface area contributed by atoms with Crippen molar-refractivity contribution in [3.8, 4) is 0 Å². The van der Waals surface area contributed by atoms with Crippen LogP contribution in [0.3, 0.4) is 0 Å². The number of carbonyl (C=O) groups is 1. The zero-order valence-corrected chi connectivity index (χ0v) is 17.5. The van der Waals surface area contributed by atoms with Crippen molar-refractivity contribution in [2.75, 3.05) is 26.2 Å². The molecule has 2 aliphatic rings. The lowest BCUT2D eigenvalue weighted by molar-refractivity contribution is -0.126. The molecule has 2 saturated heterocycles. The lowest BCUT2D eigenvalue weighted by atomic mass is 10.0. The Bertz CT molecular complexity index is 793. The van der Waals surface area contributed by atoms with Gasteiger partial charge in [-0.15, -0.1) is 0 Å². The van der Waals surface area contributed by atoms with Crippen LogP contribution in [0.25, 0.3) is 0 Å². The quantitative estimate of drug-likeness (QED) is 0.732. The Labute approximate surface area is 178 Å². The molecule has 2 N–H and O–H groups in total. The van der Waals surface area contributed by atoms with Gasteiger partial charge in [-0.3, -0.25) is 19.6 Å². The van der Waals surface area contributed by atoms with E-state index in [1.54, 1.807) is 12.4 Å². The van der Waals surface area contributed by atoms with Crippen LogP contribution in [0.4, 0.5) is 0 Å². The SMILES string of the molecule is O=C(NCCc1ccncc1)[C@@H]1C[C@@H](O)CN1C1CCN(Cc2ccccc2)CC1. The predicted octanol–water partition coefficient (Wildman–Crippen LogP) is 1.84. The molecule has 160 valence electrons. The maximum atomic E-state index is 12.9. The summed E-state index contributed by atoms with van der Waals surface area (Å²) in [6, 6.07) is 14.7. The Balaban J connectivity index is 1.27. The van der Waals surface area contributed by atoms with Gasteiger partial charge in [0, 0.05) is 38.1 Å². The maximum Gasteiger partial charge on any atom is 0.237 e. The largest absolute Gasteiger partial charge is 0.392 e. The summed E-state index contributed by atoms with van der Waals surface area (Å²) < 4.78 is 0. The number of aliphatic hydroxyl groups is 1. The van der Waals surface area contributed by atoms with Gasteiger partial charge in [-0.05, 0) is 62.0 Å². The molecular formula is C24H32N4O2. The normalized spacial score (nSPS) is 23.5. The van der Waals surface area contributed by atoms with Crippen molar-refractivity contribution >= 4 is 5.91 Å². The van der Waals surface area contributed by atoms with Crippen molar-refractivity contribution in [2.24, 2.45) is 0 Å². The molecule has 2 fully saturated rings. The third-order valence-corrected chi connectivity index (χ3v) is 6.36. The molecule has 2 aromatic rings. The minimum absolute atomic E-state index is 0.0484. The Morgan fingerprint density at radius 1 is 1.07 bits per heavy atom. The highest BCUT2D eigenvalue weighted by molar-refractivity contribution is 5.82. The van der Waals surface area contributed by atoms with Crippen molar-refractivity contribution in [2.45, 2.75) is 50.4 Å². The molecule has 1 aromatic heterocycles. The molecule has 0 saturated carbocycles. The first-order chi connectivity index (χ1) is 14.7. The van der Waals surface area contributed by atoms with Crippen molar-refractivity contribution in [1.29, 1.82) is 0 Å². The molecule has 2 atom stereocenters. The van der Waals surface area contributed by atoms with Crippen LogP contribution >= 0.6 is 0 Å². The second-order valence-corrected chi connectivity index (χ2v) is 8.49. The number of hydrogen-bond acceptors (Lipinski definition) is 5. The molecule has 0 spiro atoms. The van der Waals surface area contributed by atoms with Crippen LogP contribution in [0.5, 0.6) is 0 Å². The highest BCUT2D eigenvalue weighted by Crippen LogP contribution is 2.27. The summed E-state index contributed by atoms with van der Waals surface area (Å²) in [6.07, 6.45) is 6.54. The first-order valence-corrected chi connectivity index (χ1v) is 11.1. The third-order valence-electron chi connectivity index (χ3n) is 6.36. The highest BCUT2D eigenvalue weighted by Gasteiger charge is 2.40. The van der Waals surface area contributed by atoms with Gasteiger partial charge >= 0.3 is 0 Å². The van der Waals surface area contributed by atoms with Crippen LogP contribution in [-0.4, -0.2) is 70.2 Å². The van der Waals surface area contributed by atoms with Gasteiger partial charge < -0.3 is 10.4 Å². The van der Waals surface area contributed by atoms with E-state index in [-0.39, 0.29) is 11.9 Å². The first-order valence-electron chi connectivity index (χ1n) is 11.1. The minimum atomic E-state index is -0.414. The van der Waals surface area contributed by atoms with Gasteiger partial charge in [0.1, 0.15) is 0 Å². The number of amides is 1. The fourth-order valence-electron chi connectivity index (χ4n) is 4.75. The van der Waals surface area contributed by atoms with Crippen LogP contribution in [0.2, 0.25) is 0 Å². The Morgan fingerprint density at radius 3 is 2.53 bits per heavy atom. The van der Waals surface area contributed by atoms with Gasteiger partial charge in [0.05, 0.1) is 12.1 Å². The Morgan fingerprint density at radius 2 is 1.80 bits per heavy atom. The number of carbonyl (C=O) groups excluding carboxylic acids is 1. The second-order valence-electron chi connectivity index (χ2n) is 8.49. The maximum absolute atomic E-state index is 12.9. The van der Waals surface area contributed by atoms with E-state index in [2.05, 4.69) is 50.4 Å². The zero-order valence-electron chi connectivity index (χ0n) is 17.5. The predicted molar refractivity (Wildman–Crippen MR) is 117 cm³/mol. The molecule has 4 rings (SSSR count). The zero-order chi connectivity index (χ0) is 20.8. The fourth-order valence-corrected chi connectivity index (χ4v) is 4.75. The number of likely N-dealkylation sites (tertiary alicyclic amines) is 2.